The number of furan rings is 1. The fourth-order valence-electron chi connectivity index (χ4n) is 2.85. The van der Waals surface area contributed by atoms with E-state index in [0.717, 1.165) is 21.1 Å². The second-order valence-electron chi connectivity index (χ2n) is 6.05. The number of hydrogen-bond donors (Lipinski definition) is 1. The predicted octanol–water partition coefficient (Wildman–Crippen LogP) is 5.20. The Balaban J connectivity index is 1.49. The van der Waals surface area contributed by atoms with Gasteiger partial charge in [0.05, 0.1) is 5.75 Å². The number of aromatic nitrogens is 3. The number of benzene rings is 2. The van der Waals surface area contributed by atoms with E-state index in [1.165, 1.54) is 11.8 Å². The molecule has 28 heavy (non-hydrogen) atoms. The van der Waals surface area contributed by atoms with Crippen LogP contribution in [-0.4, -0.2) is 26.4 Å². The lowest BCUT2D eigenvalue weighted by Gasteiger charge is -2.07. The summed E-state index contributed by atoms with van der Waals surface area (Å²) in [6.45, 7) is 2.69. The molecule has 1 amide bonds. The number of anilines is 1. The van der Waals surface area contributed by atoms with Crippen LogP contribution >= 0.6 is 27.7 Å². The summed E-state index contributed by atoms with van der Waals surface area (Å²) in [5, 5.41) is 13.1. The van der Waals surface area contributed by atoms with Crippen LogP contribution in [-0.2, 0) is 11.3 Å². The first kappa shape index (κ1) is 18.8. The molecule has 0 aliphatic carbocycles. The zero-order valence-electron chi connectivity index (χ0n) is 15.1. The Kier molecular flexibility index (Phi) is 5.50. The standard InChI is InChI=1S/C20H17BrN4O2S/c1-2-25-19(17-10-13-6-3-4-9-16(13)27-17)23-24-20(25)28-12-18(26)22-15-8-5-7-14(21)11-15/h3-11H,2,12H2,1H3,(H,22,26). The molecule has 0 bridgehead atoms. The number of halogens is 1. The lowest BCUT2D eigenvalue weighted by Crippen LogP contribution is -2.14. The van der Waals surface area contributed by atoms with Crippen LogP contribution in [0.2, 0.25) is 0 Å². The lowest BCUT2D eigenvalue weighted by molar-refractivity contribution is -0.113. The number of carbonyl (C=O) groups is 1. The number of para-hydroxylation sites is 1. The van der Waals surface area contributed by atoms with Crippen molar-refractivity contribution in [2.75, 3.05) is 11.1 Å². The summed E-state index contributed by atoms with van der Waals surface area (Å²) in [6, 6.07) is 17.3. The fraction of sp³-hybridized carbons (Fsp3) is 0.150. The Morgan fingerprint density at radius 3 is 2.82 bits per heavy atom. The molecule has 0 aliphatic rings. The molecular formula is C20H17BrN4O2S. The van der Waals surface area contributed by atoms with Gasteiger partial charge in [0.25, 0.3) is 0 Å². The highest BCUT2D eigenvalue weighted by Gasteiger charge is 2.17. The monoisotopic (exact) mass is 456 g/mol. The number of carbonyl (C=O) groups excluding carboxylic acids is 1. The molecule has 0 atom stereocenters. The van der Waals surface area contributed by atoms with Crippen molar-refractivity contribution in [3.8, 4) is 11.6 Å². The first-order valence-electron chi connectivity index (χ1n) is 8.74. The van der Waals surface area contributed by atoms with Gasteiger partial charge in [-0.3, -0.25) is 9.36 Å². The number of nitrogens with zero attached hydrogens (tertiary/aromatic N) is 3. The number of hydrogen-bond acceptors (Lipinski definition) is 5. The molecular weight excluding hydrogens is 440 g/mol. The molecule has 2 aromatic carbocycles. The van der Waals surface area contributed by atoms with Gasteiger partial charge in [0, 0.05) is 22.1 Å². The molecule has 0 saturated carbocycles. The van der Waals surface area contributed by atoms with Gasteiger partial charge < -0.3 is 9.73 Å². The minimum Gasteiger partial charge on any atom is -0.453 e. The van der Waals surface area contributed by atoms with Gasteiger partial charge in [0.1, 0.15) is 5.58 Å². The van der Waals surface area contributed by atoms with Crippen molar-refractivity contribution in [1.29, 1.82) is 0 Å². The number of fused-ring (bicyclic) bond motifs is 1. The average molecular weight is 457 g/mol. The van der Waals surface area contributed by atoms with Gasteiger partial charge in [0.15, 0.2) is 10.9 Å². The summed E-state index contributed by atoms with van der Waals surface area (Å²) in [5.41, 5.74) is 1.56. The number of nitrogens with one attached hydrogen (secondary N) is 1. The maximum atomic E-state index is 12.3. The van der Waals surface area contributed by atoms with E-state index >= 15 is 0 Å². The third kappa shape index (κ3) is 3.98. The molecule has 6 nitrogen and oxygen atoms in total. The second-order valence-corrected chi connectivity index (χ2v) is 7.90. The molecule has 4 rings (SSSR count). The molecule has 0 fully saturated rings. The van der Waals surface area contributed by atoms with E-state index in [0.29, 0.717) is 23.3 Å². The summed E-state index contributed by atoms with van der Waals surface area (Å²) in [5.74, 6) is 1.47. The van der Waals surface area contributed by atoms with Crippen molar-refractivity contribution in [2.24, 2.45) is 0 Å². The summed E-state index contributed by atoms with van der Waals surface area (Å²) >= 11 is 4.75. The molecule has 0 spiro atoms. The van der Waals surface area contributed by atoms with Crippen molar-refractivity contribution in [1.82, 2.24) is 14.8 Å². The van der Waals surface area contributed by atoms with Crippen molar-refractivity contribution in [3.05, 3.63) is 59.1 Å². The molecule has 0 radical (unpaired) electrons. The van der Waals surface area contributed by atoms with E-state index in [1.807, 2.05) is 66.1 Å². The zero-order chi connectivity index (χ0) is 19.5. The molecule has 8 heteroatoms. The molecule has 0 saturated heterocycles. The highest BCUT2D eigenvalue weighted by molar-refractivity contribution is 9.10. The van der Waals surface area contributed by atoms with Crippen molar-refractivity contribution in [2.45, 2.75) is 18.6 Å². The van der Waals surface area contributed by atoms with Gasteiger partial charge in [-0.2, -0.15) is 0 Å². The van der Waals surface area contributed by atoms with Gasteiger partial charge in [-0.15, -0.1) is 10.2 Å². The number of amides is 1. The topological polar surface area (TPSA) is 73.0 Å². The van der Waals surface area contributed by atoms with Crippen LogP contribution in [0.4, 0.5) is 5.69 Å². The quantitative estimate of drug-likeness (QED) is 0.403. The second kappa shape index (κ2) is 8.20. The highest BCUT2D eigenvalue weighted by Crippen LogP contribution is 2.29. The maximum absolute atomic E-state index is 12.3. The Bertz CT molecular complexity index is 1110. The molecule has 142 valence electrons. The van der Waals surface area contributed by atoms with Crippen LogP contribution in [0.5, 0.6) is 0 Å². The number of thioether (sulfide) groups is 1. The van der Waals surface area contributed by atoms with Crippen LogP contribution in [0.3, 0.4) is 0 Å². The Hall–Kier alpha value is -2.58. The molecule has 4 aromatic rings. The minimum absolute atomic E-state index is 0.0981. The largest absolute Gasteiger partial charge is 0.453 e. The Morgan fingerprint density at radius 2 is 2.04 bits per heavy atom. The van der Waals surface area contributed by atoms with E-state index in [1.54, 1.807) is 0 Å². The zero-order valence-corrected chi connectivity index (χ0v) is 17.5. The van der Waals surface area contributed by atoms with Crippen LogP contribution in [0.15, 0.2) is 68.6 Å². The summed E-state index contributed by atoms with van der Waals surface area (Å²) in [7, 11) is 0. The molecule has 0 aliphatic heterocycles. The van der Waals surface area contributed by atoms with Gasteiger partial charge in [0.2, 0.25) is 11.7 Å². The number of rotatable bonds is 6. The summed E-state index contributed by atoms with van der Waals surface area (Å²) in [4.78, 5) is 12.3. The lowest BCUT2D eigenvalue weighted by atomic mass is 10.2. The SMILES string of the molecule is CCn1c(SCC(=O)Nc2cccc(Br)c2)nnc1-c1cc2ccccc2o1. The summed E-state index contributed by atoms with van der Waals surface area (Å²) < 4.78 is 8.78. The maximum Gasteiger partial charge on any atom is 0.234 e. The van der Waals surface area contributed by atoms with Crippen LogP contribution in [0.1, 0.15) is 6.92 Å². The minimum atomic E-state index is -0.0981. The van der Waals surface area contributed by atoms with E-state index in [-0.39, 0.29) is 11.7 Å². The van der Waals surface area contributed by atoms with Gasteiger partial charge in [-0.25, -0.2) is 0 Å². The van der Waals surface area contributed by atoms with E-state index in [2.05, 4.69) is 31.4 Å². The molecule has 2 heterocycles. The van der Waals surface area contributed by atoms with E-state index < -0.39 is 0 Å². The van der Waals surface area contributed by atoms with Crippen molar-refractivity contribution in [3.63, 3.8) is 0 Å². The molecule has 0 unspecified atom stereocenters. The Labute approximate surface area is 174 Å². The first-order valence-corrected chi connectivity index (χ1v) is 10.5. The normalized spacial score (nSPS) is 11.1. The van der Waals surface area contributed by atoms with Gasteiger partial charge >= 0.3 is 0 Å². The smallest absolute Gasteiger partial charge is 0.234 e. The van der Waals surface area contributed by atoms with Crippen molar-refractivity contribution >= 4 is 50.3 Å². The van der Waals surface area contributed by atoms with Crippen LogP contribution in [0, 0.1) is 0 Å². The van der Waals surface area contributed by atoms with Gasteiger partial charge in [-0.1, -0.05) is 52.0 Å². The predicted molar refractivity (Wildman–Crippen MR) is 114 cm³/mol. The van der Waals surface area contributed by atoms with E-state index in [4.69, 9.17) is 4.42 Å². The van der Waals surface area contributed by atoms with Crippen molar-refractivity contribution < 1.29 is 9.21 Å². The average Bonchev–Trinajstić information content (AvgIpc) is 3.29. The highest BCUT2D eigenvalue weighted by atomic mass is 79.9. The van der Waals surface area contributed by atoms with Gasteiger partial charge in [-0.05, 0) is 37.3 Å². The molecule has 2 aromatic heterocycles. The Morgan fingerprint density at radius 1 is 1.18 bits per heavy atom. The van der Waals surface area contributed by atoms with Crippen LogP contribution < -0.4 is 5.32 Å². The fourth-order valence-corrected chi connectivity index (χ4v) is 4.05. The molecule has 1 N–H and O–H groups in total. The van der Waals surface area contributed by atoms with E-state index in [9.17, 15) is 4.79 Å². The summed E-state index contributed by atoms with van der Waals surface area (Å²) in [6.07, 6.45) is 0. The third-order valence-electron chi connectivity index (χ3n) is 4.12. The first-order chi connectivity index (χ1) is 13.6. The third-order valence-corrected chi connectivity index (χ3v) is 5.58. The van der Waals surface area contributed by atoms with Crippen LogP contribution in [0.25, 0.3) is 22.6 Å².